The van der Waals surface area contributed by atoms with Gasteiger partial charge in [0, 0.05) is 37.0 Å². The Hall–Kier alpha value is -4.17. The van der Waals surface area contributed by atoms with Crippen LogP contribution >= 0.6 is 12.2 Å². The quantitative estimate of drug-likeness (QED) is 0.374. The van der Waals surface area contributed by atoms with E-state index in [2.05, 4.69) is 32.8 Å². The summed E-state index contributed by atoms with van der Waals surface area (Å²) in [6, 6.07) is 24.7. The molecule has 0 saturated carbocycles. The van der Waals surface area contributed by atoms with Crippen LogP contribution in [0.4, 0.5) is 11.4 Å². The summed E-state index contributed by atoms with van der Waals surface area (Å²) in [6.07, 6.45) is 5.93. The number of carbonyl (C=O) groups excluding carboxylic acids is 1. The number of rotatable bonds is 7. The highest BCUT2D eigenvalue weighted by atomic mass is 32.1. The Kier molecular flexibility index (Phi) is 6.45. The van der Waals surface area contributed by atoms with Gasteiger partial charge >= 0.3 is 0 Å². The van der Waals surface area contributed by atoms with Crippen LogP contribution in [0, 0.1) is 0 Å². The third-order valence-corrected chi connectivity index (χ3v) is 6.15. The highest BCUT2D eigenvalue weighted by Crippen LogP contribution is 2.41. The molecule has 0 bridgehead atoms. The van der Waals surface area contributed by atoms with E-state index in [1.165, 1.54) is 0 Å². The molecule has 2 atom stereocenters. The number of benzene rings is 2. The van der Waals surface area contributed by atoms with Crippen LogP contribution < -0.4 is 20.3 Å². The molecule has 1 saturated heterocycles. The zero-order valence-electron chi connectivity index (χ0n) is 19.2. The van der Waals surface area contributed by atoms with Crippen LogP contribution in [0.1, 0.15) is 23.3 Å². The fourth-order valence-corrected chi connectivity index (χ4v) is 4.59. The van der Waals surface area contributed by atoms with E-state index in [9.17, 15) is 4.79 Å². The number of aryl methyl sites for hydroxylation is 1. The zero-order chi connectivity index (χ0) is 24.2. The maximum Gasteiger partial charge on any atom is 0.262 e. The van der Waals surface area contributed by atoms with Crippen LogP contribution in [0.5, 0.6) is 5.75 Å². The van der Waals surface area contributed by atoms with Crippen LogP contribution in [-0.2, 0) is 11.8 Å². The average molecular weight is 484 g/mol. The number of hydrogen-bond acceptors (Lipinski definition) is 4. The van der Waals surface area contributed by atoms with Crippen LogP contribution in [-0.4, -0.2) is 27.2 Å². The van der Waals surface area contributed by atoms with Gasteiger partial charge in [0.25, 0.3) is 5.91 Å². The van der Waals surface area contributed by atoms with Gasteiger partial charge in [-0.05, 0) is 72.4 Å². The molecule has 35 heavy (non-hydrogen) atoms. The Balaban J connectivity index is 1.34. The van der Waals surface area contributed by atoms with Crippen molar-refractivity contribution in [3.8, 4) is 5.75 Å². The van der Waals surface area contributed by atoms with E-state index in [0.29, 0.717) is 16.5 Å². The maximum absolute atomic E-state index is 12.3. The molecule has 7 nitrogen and oxygen atoms in total. The van der Waals surface area contributed by atoms with Crippen molar-refractivity contribution in [2.24, 2.45) is 7.05 Å². The smallest absolute Gasteiger partial charge is 0.262 e. The summed E-state index contributed by atoms with van der Waals surface area (Å²) in [7, 11) is 2.00. The van der Waals surface area contributed by atoms with Gasteiger partial charge in [0.15, 0.2) is 11.7 Å². The van der Waals surface area contributed by atoms with Gasteiger partial charge in [0.1, 0.15) is 5.75 Å². The van der Waals surface area contributed by atoms with Crippen LogP contribution in [0.3, 0.4) is 0 Å². The van der Waals surface area contributed by atoms with E-state index in [1.54, 1.807) is 6.20 Å². The molecule has 1 fully saturated rings. The molecule has 1 aliphatic heterocycles. The number of nitrogens with zero attached hydrogens (tertiary/aromatic N) is 3. The molecule has 5 rings (SSSR count). The summed E-state index contributed by atoms with van der Waals surface area (Å²) in [5.41, 5.74) is 3.67. The molecule has 0 unspecified atom stereocenters. The fourth-order valence-electron chi connectivity index (χ4n) is 4.24. The Morgan fingerprint density at radius 1 is 1.06 bits per heavy atom. The summed E-state index contributed by atoms with van der Waals surface area (Å²) in [6.45, 7) is -0.0618. The van der Waals surface area contributed by atoms with E-state index in [0.717, 1.165) is 16.9 Å². The molecule has 2 N–H and O–H groups in total. The van der Waals surface area contributed by atoms with Crippen molar-refractivity contribution < 1.29 is 9.53 Å². The lowest BCUT2D eigenvalue weighted by Crippen LogP contribution is -2.29. The van der Waals surface area contributed by atoms with Gasteiger partial charge in [-0.3, -0.25) is 9.78 Å². The van der Waals surface area contributed by atoms with Crippen molar-refractivity contribution in [3.05, 3.63) is 109 Å². The molecule has 1 aliphatic rings. The maximum atomic E-state index is 12.3. The monoisotopic (exact) mass is 483 g/mol. The first-order chi connectivity index (χ1) is 17.1. The number of para-hydroxylation sites is 1. The predicted molar refractivity (Wildman–Crippen MR) is 140 cm³/mol. The van der Waals surface area contributed by atoms with E-state index in [-0.39, 0.29) is 24.6 Å². The highest BCUT2D eigenvalue weighted by molar-refractivity contribution is 7.80. The summed E-state index contributed by atoms with van der Waals surface area (Å²) < 4.78 is 7.55. The summed E-state index contributed by atoms with van der Waals surface area (Å²) in [5, 5.41) is 6.96. The lowest BCUT2D eigenvalue weighted by atomic mass is 9.98. The third kappa shape index (κ3) is 5.02. The third-order valence-electron chi connectivity index (χ3n) is 5.84. The second-order valence-electron chi connectivity index (χ2n) is 8.30. The SMILES string of the molecule is Cn1ccc([C@H]2[C@H](c3ccccn3)NC(=S)N2c2ccc(NC(=O)COc3ccccc3)cc2)c1. The van der Waals surface area contributed by atoms with Gasteiger partial charge < -0.3 is 24.8 Å². The number of aromatic nitrogens is 2. The minimum atomic E-state index is -0.225. The lowest BCUT2D eigenvalue weighted by Gasteiger charge is -2.27. The summed E-state index contributed by atoms with van der Waals surface area (Å²) >= 11 is 5.76. The highest BCUT2D eigenvalue weighted by Gasteiger charge is 2.40. The second kappa shape index (κ2) is 9.99. The van der Waals surface area contributed by atoms with Crippen molar-refractivity contribution in [2.45, 2.75) is 12.1 Å². The molecular formula is C27H25N5O2S. The lowest BCUT2D eigenvalue weighted by molar-refractivity contribution is -0.118. The molecule has 8 heteroatoms. The molecule has 0 spiro atoms. The van der Waals surface area contributed by atoms with Crippen molar-refractivity contribution >= 4 is 34.6 Å². The predicted octanol–water partition coefficient (Wildman–Crippen LogP) is 4.61. The zero-order valence-corrected chi connectivity index (χ0v) is 20.0. The van der Waals surface area contributed by atoms with Crippen molar-refractivity contribution in [1.82, 2.24) is 14.9 Å². The molecule has 2 aromatic heterocycles. The van der Waals surface area contributed by atoms with Crippen LogP contribution in [0.15, 0.2) is 97.5 Å². The number of thiocarbonyl (C=S) groups is 1. The van der Waals surface area contributed by atoms with Gasteiger partial charge in [-0.1, -0.05) is 24.3 Å². The first-order valence-electron chi connectivity index (χ1n) is 11.3. The Bertz CT molecular complexity index is 1310. The van der Waals surface area contributed by atoms with Gasteiger partial charge in [-0.2, -0.15) is 0 Å². The molecular weight excluding hydrogens is 458 g/mol. The molecule has 4 aromatic rings. The second-order valence-corrected chi connectivity index (χ2v) is 8.69. The molecule has 0 radical (unpaired) electrons. The number of pyridine rings is 1. The standard InChI is InChI=1S/C27H25N5O2S/c1-31-16-14-19(17-31)26-25(23-9-5-6-15-28-23)30-27(35)32(26)21-12-10-20(11-13-21)29-24(33)18-34-22-7-3-2-4-8-22/h2-17,25-26H,18H2,1H3,(H,29,33)(H,30,35)/t25-,26-/m0/s1. The minimum absolute atomic E-state index is 0.0618. The van der Waals surface area contributed by atoms with Gasteiger partial charge in [-0.25, -0.2) is 0 Å². The number of hydrogen-bond donors (Lipinski definition) is 2. The fraction of sp³-hybridized carbons (Fsp3) is 0.148. The van der Waals surface area contributed by atoms with Gasteiger partial charge in [0.05, 0.1) is 17.8 Å². The van der Waals surface area contributed by atoms with Crippen molar-refractivity contribution in [1.29, 1.82) is 0 Å². The number of anilines is 2. The normalized spacial score (nSPS) is 17.2. The average Bonchev–Trinajstić information content (AvgIpc) is 3.47. The minimum Gasteiger partial charge on any atom is -0.484 e. The number of nitrogens with one attached hydrogen (secondary N) is 2. The molecule has 1 amide bonds. The molecule has 2 aromatic carbocycles. The Morgan fingerprint density at radius 2 is 1.83 bits per heavy atom. The van der Waals surface area contributed by atoms with Crippen LogP contribution in [0.25, 0.3) is 0 Å². The largest absolute Gasteiger partial charge is 0.484 e. The topological polar surface area (TPSA) is 71.4 Å². The summed E-state index contributed by atoms with van der Waals surface area (Å²) in [5.74, 6) is 0.430. The van der Waals surface area contributed by atoms with Gasteiger partial charge in [-0.15, -0.1) is 0 Å². The summed E-state index contributed by atoms with van der Waals surface area (Å²) in [4.78, 5) is 19.0. The number of amides is 1. The van der Waals surface area contributed by atoms with Crippen molar-refractivity contribution in [2.75, 3.05) is 16.8 Å². The Labute approximate surface area is 209 Å². The Morgan fingerprint density at radius 3 is 2.51 bits per heavy atom. The van der Waals surface area contributed by atoms with E-state index < -0.39 is 0 Å². The first kappa shape index (κ1) is 22.6. The van der Waals surface area contributed by atoms with Crippen molar-refractivity contribution in [3.63, 3.8) is 0 Å². The molecule has 176 valence electrons. The van der Waals surface area contributed by atoms with Gasteiger partial charge in [0.2, 0.25) is 0 Å². The molecule has 3 heterocycles. The first-order valence-corrected chi connectivity index (χ1v) is 11.7. The number of ether oxygens (including phenoxy) is 1. The van der Waals surface area contributed by atoms with Crippen LogP contribution in [0.2, 0.25) is 0 Å². The molecule has 0 aliphatic carbocycles. The number of carbonyl (C=O) groups is 1. The van der Waals surface area contributed by atoms with E-state index in [1.807, 2.05) is 90.6 Å². The van der Waals surface area contributed by atoms with E-state index >= 15 is 0 Å². The van der Waals surface area contributed by atoms with E-state index in [4.69, 9.17) is 17.0 Å².